The zero-order valence-electron chi connectivity index (χ0n) is 13.1. The topological polar surface area (TPSA) is 74.3 Å². The first kappa shape index (κ1) is 16.3. The molecule has 1 aliphatic rings. The molecule has 2 N–H and O–H groups in total. The van der Waals surface area contributed by atoms with E-state index in [1.165, 1.54) is 0 Å². The van der Waals surface area contributed by atoms with Crippen LogP contribution in [0.1, 0.15) is 12.0 Å². The number of pyridine rings is 1. The van der Waals surface area contributed by atoms with E-state index in [1.807, 2.05) is 6.92 Å². The standard InChI is InChI=1S/C17H17ClN4O2/c1-11-10-19-8-6-14(11)20-17(24)21-15-7-9-22(16(15)23)13-4-2-12(18)3-5-13/h2-6,8,10,15H,7,9H2,1H3,(H2,19,20,21,24)/t15-/m0/s1. The quantitative estimate of drug-likeness (QED) is 0.899. The fourth-order valence-electron chi connectivity index (χ4n) is 2.62. The van der Waals surface area contributed by atoms with Crippen LogP contribution in [0.15, 0.2) is 42.7 Å². The average molecular weight is 345 g/mol. The lowest BCUT2D eigenvalue weighted by Crippen LogP contribution is -2.43. The molecule has 1 saturated heterocycles. The maximum absolute atomic E-state index is 12.5. The summed E-state index contributed by atoms with van der Waals surface area (Å²) in [5.74, 6) is -0.126. The van der Waals surface area contributed by atoms with Crippen LogP contribution in [0.4, 0.5) is 16.2 Å². The molecule has 0 bridgehead atoms. The molecular formula is C17H17ClN4O2. The van der Waals surface area contributed by atoms with E-state index < -0.39 is 12.1 Å². The smallest absolute Gasteiger partial charge is 0.319 e. The molecule has 6 nitrogen and oxygen atoms in total. The zero-order valence-corrected chi connectivity index (χ0v) is 13.9. The van der Waals surface area contributed by atoms with Crippen LogP contribution in [0.2, 0.25) is 5.02 Å². The summed E-state index contributed by atoms with van der Waals surface area (Å²) in [4.78, 5) is 30.2. The van der Waals surface area contributed by atoms with Gasteiger partial charge in [-0.1, -0.05) is 11.6 Å². The second-order valence-corrected chi connectivity index (χ2v) is 6.03. The summed E-state index contributed by atoms with van der Waals surface area (Å²) in [6, 6.07) is 7.84. The monoisotopic (exact) mass is 344 g/mol. The first-order chi connectivity index (χ1) is 11.5. The summed E-state index contributed by atoms with van der Waals surface area (Å²) in [5.41, 5.74) is 2.30. The normalized spacial score (nSPS) is 17.0. The summed E-state index contributed by atoms with van der Waals surface area (Å²) in [6.45, 7) is 2.41. The molecule has 1 atom stereocenters. The lowest BCUT2D eigenvalue weighted by atomic mass is 10.2. The second-order valence-electron chi connectivity index (χ2n) is 5.60. The van der Waals surface area contributed by atoms with Gasteiger partial charge in [0.1, 0.15) is 6.04 Å². The minimum atomic E-state index is -0.539. The fourth-order valence-corrected chi connectivity index (χ4v) is 2.75. The molecule has 124 valence electrons. The Morgan fingerprint density at radius 1 is 1.29 bits per heavy atom. The SMILES string of the molecule is Cc1cnccc1NC(=O)N[C@H]1CCN(c2ccc(Cl)cc2)C1=O. The molecule has 3 amide bonds. The van der Waals surface area contributed by atoms with Gasteiger partial charge in [-0.3, -0.25) is 9.78 Å². The Hall–Kier alpha value is -2.60. The molecule has 0 spiro atoms. The van der Waals surface area contributed by atoms with Gasteiger partial charge >= 0.3 is 6.03 Å². The van der Waals surface area contributed by atoms with E-state index in [2.05, 4.69) is 15.6 Å². The van der Waals surface area contributed by atoms with Crippen molar-refractivity contribution in [3.8, 4) is 0 Å². The Bertz CT molecular complexity index is 763. The highest BCUT2D eigenvalue weighted by Crippen LogP contribution is 2.23. The minimum absolute atomic E-state index is 0.126. The number of hydrogen-bond acceptors (Lipinski definition) is 3. The Balaban J connectivity index is 1.62. The number of nitrogens with one attached hydrogen (secondary N) is 2. The molecule has 1 aromatic carbocycles. The molecule has 24 heavy (non-hydrogen) atoms. The maximum Gasteiger partial charge on any atom is 0.319 e. The van der Waals surface area contributed by atoms with E-state index in [-0.39, 0.29) is 5.91 Å². The first-order valence-electron chi connectivity index (χ1n) is 7.59. The highest BCUT2D eigenvalue weighted by atomic mass is 35.5. The zero-order chi connectivity index (χ0) is 17.1. The van der Waals surface area contributed by atoms with Crippen molar-refractivity contribution in [2.75, 3.05) is 16.8 Å². The number of carbonyl (C=O) groups excluding carboxylic acids is 2. The molecular weight excluding hydrogens is 328 g/mol. The van der Waals surface area contributed by atoms with E-state index in [1.54, 1.807) is 47.6 Å². The molecule has 1 fully saturated rings. The molecule has 0 aliphatic carbocycles. The van der Waals surface area contributed by atoms with Gasteiger partial charge in [-0.2, -0.15) is 0 Å². The van der Waals surface area contributed by atoms with Crippen LogP contribution in [-0.4, -0.2) is 29.5 Å². The van der Waals surface area contributed by atoms with Crippen LogP contribution in [0, 0.1) is 6.92 Å². The van der Waals surface area contributed by atoms with Gasteiger partial charge in [-0.15, -0.1) is 0 Å². The molecule has 0 unspecified atom stereocenters. The van der Waals surface area contributed by atoms with Crippen molar-refractivity contribution >= 4 is 34.9 Å². The van der Waals surface area contributed by atoms with Gasteiger partial charge in [0, 0.05) is 35.3 Å². The summed E-state index contributed by atoms with van der Waals surface area (Å²) in [5, 5.41) is 6.09. The number of carbonyl (C=O) groups is 2. The van der Waals surface area contributed by atoms with Crippen LogP contribution in [0.5, 0.6) is 0 Å². The van der Waals surface area contributed by atoms with E-state index in [9.17, 15) is 9.59 Å². The van der Waals surface area contributed by atoms with Crippen LogP contribution >= 0.6 is 11.6 Å². The highest BCUT2D eigenvalue weighted by molar-refractivity contribution is 6.30. The number of aryl methyl sites for hydroxylation is 1. The summed E-state index contributed by atoms with van der Waals surface area (Å²) in [7, 11) is 0. The van der Waals surface area contributed by atoms with Crippen LogP contribution in [0.25, 0.3) is 0 Å². The number of hydrogen-bond donors (Lipinski definition) is 2. The van der Waals surface area contributed by atoms with Gasteiger partial charge in [0.05, 0.1) is 0 Å². The van der Waals surface area contributed by atoms with Crippen molar-refractivity contribution in [1.29, 1.82) is 0 Å². The van der Waals surface area contributed by atoms with E-state index in [4.69, 9.17) is 11.6 Å². The third-order valence-corrected chi connectivity index (χ3v) is 4.17. The van der Waals surface area contributed by atoms with Gasteiger partial charge in [-0.05, 0) is 49.2 Å². The molecule has 1 aromatic heterocycles. The van der Waals surface area contributed by atoms with Crippen molar-refractivity contribution in [2.24, 2.45) is 0 Å². The number of nitrogens with zero attached hydrogens (tertiary/aromatic N) is 2. The number of urea groups is 1. The number of halogens is 1. The van der Waals surface area contributed by atoms with Crippen LogP contribution in [-0.2, 0) is 4.79 Å². The molecule has 2 aromatic rings. The Morgan fingerprint density at radius 3 is 2.75 bits per heavy atom. The van der Waals surface area contributed by atoms with Crippen molar-refractivity contribution in [1.82, 2.24) is 10.3 Å². The van der Waals surface area contributed by atoms with Crippen molar-refractivity contribution in [3.05, 3.63) is 53.3 Å². The average Bonchev–Trinajstić information content (AvgIpc) is 2.91. The maximum atomic E-state index is 12.5. The number of anilines is 2. The Morgan fingerprint density at radius 2 is 2.04 bits per heavy atom. The van der Waals surface area contributed by atoms with Crippen molar-refractivity contribution < 1.29 is 9.59 Å². The van der Waals surface area contributed by atoms with E-state index >= 15 is 0 Å². The van der Waals surface area contributed by atoms with Gasteiger partial charge < -0.3 is 15.5 Å². The van der Waals surface area contributed by atoms with E-state index in [0.29, 0.717) is 23.7 Å². The third-order valence-electron chi connectivity index (χ3n) is 3.92. The summed E-state index contributed by atoms with van der Waals surface area (Å²) >= 11 is 5.87. The molecule has 2 heterocycles. The number of amides is 3. The highest BCUT2D eigenvalue weighted by Gasteiger charge is 2.33. The third kappa shape index (κ3) is 3.49. The predicted molar refractivity (Wildman–Crippen MR) is 93.3 cm³/mol. The van der Waals surface area contributed by atoms with Crippen molar-refractivity contribution in [3.63, 3.8) is 0 Å². The lowest BCUT2D eigenvalue weighted by molar-refractivity contribution is -0.118. The Labute approximate surface area is 144 Å². The van der Waals surface area contributed by atoms with Crippen molar-refractivity contribution in [2.45, 2.75) is 19.4 Å². The Kier molecular flexibility index (Phi) is 4.66. The van der Waals surface area contributed by atoms with Gasteiger partial charge in [0.2, 0.25) is 5.91 Å². The summed E-state index contributed by atoms with van der Waals surface area (Å²) in [6.07, 6.45) is 3.83. The fraction of sp³-hybridized carbons (Fsp3) is 0.235. The molecule has 3 rings (SSSR count). The molecule has 0 saturated carbocycles. The first-order valence-corrected chi connectivity index (χ1v) is 7.97. The molecule has 7 heteroatoms. The molecule has 0 radical (unpaired) electrons. The van der Waals surface area contributed by atoms with Gasteiger partial charge in [0.15, 0.2) is 0 Å². The second kappa shape index (κ2) is 6.88. The van der Waals surface area contributed by atoms with Gasteiger partial charge in [-0.25, -0.2) is 4.79 Å². The molecule has 1 aliphatic heterocycles. The largest absolute Gasteiger partial charge is 0.326 e. The summed E-state index contributed by atoms with van der Waals surface area (Å²) < 4.78 is 0. The number of benzene rings is 1. The van der Waals surface area contributed by atoms with Crippen LogP contribution in [0.3, 0.4) is 0 Å². The number of rotatable bonds is 3. The number of aromatic nitrogens is 1. The lowest BCUT2D eigenvalue weighted by Gasteiger charge is -2.17. The predicted octanol–water partition coefficient (Wildman–Crippen LogP) is 2.97. The van der Waals surface area contributed by atoms with Crippen LogP contribution < -0.4 is 15.5 Å². The van der Waals surface area contributed by atoms with E-state index in [0.717, 1.165) is 11.3 Å². The van der Waals surface area contributed by atoms with Gasteiger partial charge in [0.25, 0.3) is 0 Å². The minimum Gasteiger partial charge on any atom is -0.326 e.